The molecule has 2 heterocycles. The lowest BCUT2D eigenvalue weighted by Gasteiger charge is -2.28. The fraction of sp³-hybridized carbons (Fsp3) is 0.714. The topological polar surface area (TPSA) is 98.9 Å². The number of rotatable bonds is 1. The number of urea groups is 1. The molecule has 0 spiro atoms. The molecule has 7 heteroatoms. The van der Waals surface area contributed by atoms with E-state index >= 15 is 0 Å². The summed E-state index contributed by atoms with van der Waals surface area (Å²) in [6, 6.07) is -1.23. The number of fused-ring (bicyclic) bond motifs is 2. The molecular formula is C7H12N4O3. The van der Waals surface area contributed by atoms with E-state index < -0.39 is 12.1 Å². The number of nitrogens with two attached hydrogens (primary N) is 1. The second-order valence-corrected chi connectivity index (χ2v) is 3.54. The highest BCUT2D eigenvalue weighted by atomic mass is 16.5. The maximum Gasteiger partial charge on any atom is 0.344 e. The van der Waals surface area contributed by atoms with Crippen molar-refractivity contribution < 1.29 is 14.8 Å². The van der Waals surface area contributed by atoms with Gasteiger partial charge in [-0.25, -0.2) is 15.7 Å². The Morgan fingerprint density at radius 2 is 2.29 bits per heavy atom. The highest BCUT2D eigenvalue weighted by Crippen LogP contribution is 2.28. The van der Waals surface area contributed by atoms with Crippen LogP contribution in [0.25, 0.3) is 0 Å². The van der Waals surface area contributed by atoms with Gasteiger partial charge < -0.3 is 4.90 Å². The van der Waals surface area contributed by atoms with Gasteiger partial charge in [-0.15, -0.1) is 0 Å². The number of hydrazine groups is 1. The Labute approximate surface area is 80.4 Å². The maximum atomic E-state index is 11.4. The highest BCUT2D eigenvalue weighted by molar-refractivity contribution is 5.88. The quantitative estimate of drug-likeness (QED) is 0.210. The fourth-order valence-electron chi connectivity index (χ4n) is 2.02. The molecule has 78 valence electrons. The zero-order valence-electron chi connectivity index (χ0n) is 7.51. The molecular weight excluding hydrogens is 188 g/mol. The number of amides is 3. The molecule has 2 fully saturated rings. The zero-order chi connectivity index (χ0) is 10.3. The van der Waals surface area contributed by atoms with Crippen LogP contribution in [0.4, 0.5) is 4.79 Å². The fourth-order valence-corrected chi connectivity index (χ4v) is 2.02. The van der Waals surface area contributed by atoms with Crippen molar-refractivity contribution in [3.63, 3.8) is 0 Å². The molecule has 2 bridgehead atoms. The van der Waals surface area contributed by atoms with Crippen LogP contribution < -0.4 is 11.3 Å². The van der Waals surface area contributed by atoms with Gasteiger partial charge in [0.1, 0.15) is 6.04 Å². The van der Waals surface area contributed by atoms with Crippen molar-refractivity contribution in [1.82, 2.24) is 15.4 Å². The maximum absolute atomic E-state index is 11.4. The number of hydrogen-bond donors (Lipinski definition) is 3. The molecule has 2 saturated heterocycles. The number of nitrogens with one attached hydrogen (secondary N) is 1. The molecule has 2 aliphatic heterocycles. The van der Waals surface area contributed by atoms with Crippen molar-refractivity contribution in [1.29, 1.82) is 0 Å². The van der Waals surface area contributed by atoms with Crippen LogP contribution in [-0.4, -0.2) is 45.7 Å². The molecule has 4 N–H and O–H groups in total. The largest absolute Gasteiger partial charge is 0.344 e. The number of hydroxylamine groups is 2. The Bertz CT molecular complexity index is 282. The summed E-state index contributed by atoms with van der Waals surface area (Å²) in [5.74, 6) is 4.62. The Morgan fingerprint density at radius 1 is 1.57 bits per heavy atom. The predicted molar refractivity (Wildman–Crippen MR) is 44.9 cm³/mol. The summed E-state index contributed by atoms with van der Waals surface area (Å²) in [5.41, 5.74) is 2.02. The minimum Gasteiger partial charge on any atom is -0.309 e. The lowest BCUT2D eigenvalue weighted by atomic mass is 10.0. The molecule has 0 aromatic heterocycles. The normalized spacial score (nSPS) is 30.9. The van der Waals surface area contributed by atoms with E-state index in [4.69, 9.17) is 5.84 Å². The van der Waals surface area contributed by atoms with Gasteiger partial charge in [-0.05, 0) is 12.8 Å². The number of hydrogen-bond acceptors (Lipinski definition) is 4. The van der Waals surface area contributed by atoms with Crippen molar-refractivity contribution >= 4 is 11.9 Å². The monoisotopic (exact) mass is 200 g/mol. The van der Waals surface area contributed by atoms with Gasteiger partial charge in [0, 0.05) is 6.54 Å². The molecule has 7 nitrogen and oxygen atoms in total. The SMILES string of the molecule is NNC(=O)C1CCC2CN1C(=O)N2O. The first-order valence-electron chi connectivity index (χ1n) is 4.44. The minimum absolute atomic E-state index is 0.177. The minimum atomic E-state index is -0.541. The average molecular weight is 200 g/mol. The van der Waals surface area contributed by atoms with Gasteiger partial charge in [0.2, 0.25) is 0 Å². The Balaban J connectivity index is 2.17. The predicted octanol–water partition coefficient (Wildman–Crippen LogP) is -1.37. The highest BCUT2D eigenvalue weighted by Gasteiger charge is 2.46. The number of carbonyl (C=O) groups excluding carboxylic acids is 2. The molecule has 0 aromatic rings. The van der Waals surface area contributed by atoms with E-state index in [9.17, 15) is 14.8 Å². The number of nitrogens with zero attached hydrogens (tertiary/aromatic N) is 2. The molecule has 3 amide bonds. The molecule has 0 aromatic carbocycles. The Kier molecular flexibility index (Phi) is 2.05. The summed E-state index contributed by atoms with van der Waals surface area (Å²) in [7, 11) is 0. The average Bonchev–Trinajstić information content (AvgIpc) is 2.44. The molecule has 14 heavy (non-hydrogen) atoms. The third kappa shape index (κ3) is 1.13. The van der Waals surface area contributed by atoms with Gasteiger partial charge in [-0.2, -0.15) is 0 Å². The van der Waals surface area contributed by atoms with Crippen LogP contribution in [0, 0.1) is 0 Å². The van der Waals surface area contributed by atoms with E-state index in [0.29, 0.717) is 24.4 Å². The molecule has 0 saturated carbocycles. The van der Waals surface area contributed by atoms with E-state index in [2.05, 4.69) is 0 Å². The third-order valence-electron chi connectivity index (χ3n) is 2.79. The summed E-state index contributed by atoms with van der Waals surface area (Å²) in [6.07, 6.45) is 1.16. The number of carbonyl (C=O) groups is 2. The summed E-state index contributed by atoms with van der Waals surface area (Å²) in [5, 5.41) is 10.0. The van der Waals surface area contributed by atoms with Gasteiger partial charge in [0.15, 0.2) is 0 Å². The molecule has 2 aliphatic rings. The first-order valence-corrected chi connectivity index (χ1v) is 4.44. The second kappa shape index (κ2) is 3.10. The van der Waals surface area contributed by atoms with E-state index in [1.54, 1.807) is 0 Å². The lowest BCUT2D eigenvalue weighted by Crippen LogP contribution is -2.51. The smallest absolute Gasteiger partial charge is 0.309 e. The van der Waals surface area contributed by atoms with Crippen LogP contribution in [0.1, 0.15) is 12.8 Å². The van der Waals surface area contributed by atoms with Gasteiger partial charge in [0.25, 0.3) is 5.91 Å². The van der Waals surface area contributed by atoms with E-state index in [1.165, 1.54) is 4.90 Å². The third-order valence-corrected chi connectivity index (χ3v) is 2.79. The lowest BCUT2D eigenvalue weighted by molar-refractivity contribution is -0.126. The zero-order valence-corrected chi connectivity index (χ0v) is 7.51. The standard InChI is InChI=1S/C7H12N4O3/c8-9-6(12)5-2-1-4-3-10(5)7(13)11(4)14/h4-5,14H,1-3,8H2,(H,9,12). The van der Waals surface area contributed by atoms with Gasteiger partial charge in [-0.3, -0.25) is 15.4 Å². The van der Waals surface area contributed by atoms with Crippen LogP contribution in [0.3, 0.4) is 0 Å². The van der Waals surface area contributed by atoms with Gasteiger partial charge >= 0.3 is 6.03 Å². The summed E-state index contributed by atoms with van der Waals surface area (Å²) in [6.45, 7) is 0.396. The summed E-state index contributed by atoms with van der Waals surface area (Å²) >= 11 is 0. The van der Waals surface area contributed by atoms with E-state index in [1.807, 2.05) is 5.43 Å². The van der Waals surface area contributed by atoms with E-state index in [0.717, 1.165) is 0 Å². The van der Waals surface area contributed by atoms with Crippen molar-refractivity contribution in [2.45, 2.75) is 24.9 Å². The molecule has 2 atom stereocenters. The molecule has 2 rings (SSSR count). The van der Waals surface area contributed by atoms with Crippen LogP contribution in [0.5, 0.6) is 0 Å². The summed E-state index contributed by atoms with van der Waals surface area (Å²) in [4.78, 5) is 24.0. The van der Waals surface area contributed by atoms with E-state index in [-0.39, 0.29) is 11.9 Å². The molecule has 0 radical (unpaired) electrons. The van der Waals surface area contributed by atoms with Crippen LogP contribution >= 0.6 is 0 Å². The van der Waals surface area contributed by atoms with Crippen molar-refractivity contribution in [3.8, 4) is 0 Å². The number of piperidine rings is 1. The first-order chi connectivity index (χ1) is 6.65. The van der Waals surface area contributed by atoms with Crippen LogP contribution in [-0.2, 0) is 4.79 Å². The Morgan fingerprint density at radius 3 is 2.93 bits per heavy atom. The van der Waals surface area contributed by atoms with Crippen LogP contribution in [0.15, 0.2) is 0 Å². The first kappa shape index (κ1) is 9.22. The van der Waals surface area contributed by atoms with Gasteiger partial charge in [0.05, 0.1) is 6.04 Å². The van der Waals surface area contributed by atoms with Crippen molar-refractivity contribution in [3.05, 3.63) is 0 Å². The van der Waals surface area contributed by atoms with Crippen molar-refractivity contribution in [2.75, 3.05) is 6.54 Å². The summed E-state index contributed by atoms with van der Waals surface area (Å²) < 4.78 is 0. The second-order valence-electron chi connectivity index (χ2n) is 3.54. The molecule has 0 aliphatic carbocycles. The van der Waals surface area contributed by atoms with Crippen molar-refractivity contribution in [2.24, 2.45) is 5.84 Å². The van der Waals surface area contributed by atoms with Crippen LogP contribution in [0.2, 0.25) is 0 Å². The Hall–Kier alpha value is -1.34. The van der Waals surface area contributed by atoms with Gasteiger partial charge in [-0.1, -0.05) is 0 Å². The molecule has 2 unspecified atom stereocenters.